The van der Waals surface area contributed by atoms with Crippen LogP contribution in [0.4, 0.5) is 24.5 Å². The number of nitro benzene ring substituents is 1. The highest BCUT2D eigenvalue weighted by molar-refractivity contribution is 7.92. The van der Waals surface area contributed by atoms with Crippen LogP contribution in [0.2, 0.25) is 0 Å². The van der Waals surface area contributed by atoms with Crippen molar-refractivity contribution in [2.75, 3.05) is 19.5 Å². The molecule has 158 valence electrons. The molecule has 0 heterocycles. The van der Waals surface area contributed by atoms with E-state index in [4.69, 9.17) is 9.47 Å². The first-order chi connectivity index (χ1) is 13.4. The number of nitrogens with zero attached hydrogens (tertiary/aromatic N) is 1. The third kappa shape index (κ3) is 4.53. The van der Waals surface area contributed by atoms with Crippen molar-refractivity contribution < 1.29 is 36.0 Å². The average Bonchev–Trinajstić information content (AvgIpc) is 2.66. The Hall–Kier alpha value is -3.02. The average molecular weight is 434 g/mol. The van der Waals surface area contributed by atoms with Crippen molar-refractivity contribution >= 4 is 21.2 Å². The van der Waals surface area contributed by atoms with Crippen molar-refractivity contribution in [3.63, 3.8) is 0 Å². The molecular formula is C17H17F3N2O6S. The molecule has 0 fully saturated rings. The van der Waals surface area contributed by atoms with Gasteiger partial charge in [-0.1, -0.05) is 0 Å². The van der Waals surface area contributed by atoms with E-state index in [9.17, 15) is 31.7 Å². The van der Waals surface area contributed by atoms with E-state index in [2.05, 4.69) is 5.32 Å². The number of rotatable bonds is 7. The quantitative estimate of drug-likeness (QED) is 0.517. The molecule has 0 spiro atoms. The minimum Gasteiger partial charge on any atom is -0.497 e. The topological polar surface area (TPSA) is 108 Å². The minimum atomic E-state index is -5.72. The fourth-order valence-corrected chi connectivity index (χ4v) is 3.36. The standard InChI is InChI=1S/C17H17F3N2O6S/c1-10(13-8-11(27-2)4-7-16(13)28-3)21-14-6-5-12(9-15(14)22(23)24)29(25,26)17(18,19)20/h4-10,21H,1-3H3. The van der Waals surface area contributed by atoms with E-state index in [-0.39, 0.29) is 5.69 Å². The summed E-state index contributed by atoms with van der Waals surface area (Å²) in [6.07, 6.45) is 0. The van der Waals surface area contributed by atoms with Crippen LogP contribution in [0.25, 0.3) is 0 Å². The maximum atomic E-state index is 12.7. The fraction of sp³-hybridized carbons (Fsp3) is 0.294. The van der Waals surface area contributed by atoms with Gasteiger partial charge in [0, 0.05) is 11.6 Å². The van der Waals surface area contributed by atoms with Gasteiger partial charge in [0.25, 0.3) is 15.5 Å². The lowest BCUT2D eigenvalue weighted by atomic mass is 10.1. The molecule has 1 atom stereocenters. The SMILES string of the molecule is COc1ccc(OC)c(C(C)Nc2ccc(S(=O)(=O)C(F)(F)F)cc2[N+](=O)[O-])c1. The van der Waals surface area contributed by atoms with Crippen LogP contribution in [-0.4, -0.2) is 33.1 Å². The Kier molecular flexibility index (Phi) is 6.26. The highest BCUT2D eigenvalue weighted by Crippen LogP contribution is 2.37. The van der Waals surface area contributed by atoms with Crippen LogP contribution in [0, 0.1) is 10.1 Å². The molecule has 0 bridgehead atoms. The molecule has 0 saturated heterocycles. The number of methoxy groups -OCH3 is 2. The van der Waals surface area contributed by atoms with Crippen molar-refractivity contribution in [1.82, 2.24) is 0 Å². The summed E-state index contributed by atoms with van der Waals surface area (Å²) in [5.74, 6) is 0.945. The van der Waals surface area contributed by atoms with Crippen molar-refractivity contribution in [1.29, 1.82) is 0 Å². The molecule has 12 heteroatoms. The van der Waals surface area contributed by atoms with Gasteiger partial charge in [-0.2, -0.15) is 13.2 Å². The zero-order chi connectivity index (χ0) is 22.0. The Balaban J connectivity index is 2.47. The Morgan fingerprint density at radius 1 is 1.10 bits per heavy atom. The molecule has 0 saturated carbocycles. The molecule has 0 aromatic heterocycles. The number of nitrogens with one attached hydrogen (secondary N) is 1. The highest BCUT2D eigenvalue weighted by atomic mass is 32.2. The second kappa shape index (κ2) is 8.15. The molecule has 2 aromatic carbocycles. The summed E-state index contributed by atoms with van der Waals surface area (Å²) < 4.78 is 71.7. The Labute approximate surface area is 164 Å². The summed E-state index contributed by atoms with van der Waals surface area (Å²) in [5, 5.41) is 14.1. The number of halogens is 3. The Morgan fingerprint density at radius 2 is 1.76 bits per heavy atom. The van der Waals surface area contributed by atoms with E-state index in [0.717, 1.165) is 6.07 Å². The fourth-order valence-electron chi connectivity index (χ4n) is 2.57. The molecule has 0 aliphatic rings. The molecule has 2 rings (SSSR count). The molecule has 0 aliphatic heterocycles. The van der Waals surface area contributed by atoms with Gasteiger partial charge in [-0.15, -0.1) is 0 Å². The summed E-state index contributed by atoms with van der Waals surface area (Å²) in [6, 6.07) is 6.26. The van der Waals surface area contributed by atoms with Crippen LogP contribution >= 0.6 is 0 Å². The second-order valence-corrected chi connectivity index (χ2v) is 7.80. The number of hydrogen-bond donors (Lipinski definition) is 1. The van der Waals surface area contributed by atoms with Gasteiger partial charge in [0.2, 0.25) is 0 Å². The van der Waals surface area contributed by atoms with Crippen LogP contribution in [0.5, 0.6) is 11.5 Å². The number of benzene rings is 2. The van der Waals surface area contributed by atoms with Gasteiger partial charge in [0.05, 0.1) is 30.1 Å². The van der Waals surface area contributed by atoms with Crippen molar-refractivity contribution in [2.24, 2.45) is 0 Å². The van der Waals surface area contributed by atoms with Gasteiger partial charge in [-0.3, -0.25) is 10.1 Å². The van der Waals surface area contributed by atoms with Crippen molar-refractivity contribution in [3.05, 3.63) is 52.1 Å². The Bertz CT molecular complexity index is 1020. The van der Waals surface area contributed by atoms with Gasteiger partial charge in [-0.25, -0.2) is 8.42 Å². The summed E-state index contributed by atoms with van der Waals surface area (Å²) >= 11 is 0. The van der Waals surface area contributed by atoms with Crippen molar-refractivity contribution in [2.45, 2.75) is 23.4 Å². The lowest BCUT2D eigenvalue weighted by Crippen LogP contribution is -2.23. The summed E-state index contributed by atoms with van der Waals surface area (Å²) in [4.78, 5) is 9.16. The number of anilines is 1. The monoisotopic (exact) mass is 434 g/mol. The van der Waals surface area contributed by atoms with E-state index < -0.39 is 36.9 Å². The maximum absolute atomic E-state index is 12.7. The molecular weight excluding hydrogens is 417 g/mol. The molecule has 29 heavy (non-hydrogen) atoms. The van der Waals surface area contributed by atoms with E-state index >= 15 is 0 Å². The molecule has 1 unspecified atom stereocenters. The third-order valence-electron chi connectivity index (χ3n) is 4.06. The van der Waals surface area contributed by atoms with E-state index in [1.807, 2.05) is 0 Å². The largest absolute Gasteiger partial charge is 0.501 e. The van der Waals surface area contributed by atoms with E-state index in [1.165, 1.54) is 14.2 Å². The second-order valence-electron chi connectivity index (χ2n) is 5.86. The number of hydrogen-bond acceptors (Lipinski definition) is 7. The zero-order valence-corrected chi connectivity index (χ0v) is 16.3. The van der Waals surface area contributed by atoms with Crippen molar-refractivity contribution in [3.8, 4) is 11.5 Å². The van der Waals surface area contributed by atoms with Gasteiger partial charge in [0.15, 0.2) is 0 Å². The van der Waals surface area contributed by atoms with E-state index in [0.29, 0.717) is 29.2 Å². The lowest BCUT2D eigenvalue weighted by Gasteiger charge is -2.19. The van der Waals surface area contributed by atoms with Gasteiger partial charge in [0.1, 0.15) is 17.2 Å². The molecule has 0 amide bonds. The predicted octanol–water partition coefficient (Wildman–Crippen LogP) is 4.08. The van der Waals surface area contributed by atoms with Gasteiger partial charge >= 0.3 is 5.51 Å². The number of nitro groups is 1. The van der Waals surface area contributed by atoms with Crippen LogP contribution in [-0.2, 0) is 9.84 Å². The van der Waals surface area contributed by atoms with Gasteiger partial charge in [-0.05, 0) is 37.3 Å². The molecule has 8 nitrogen and oxygen atoms in total. The molecule has 0 aliphatic carbocycles. The van der Waals surface area contributed by atoms with Crippen LogP contribution in [0.15, 0.2) is 41.3 Å². The first kappa shape index (κ1) is 22.3. The lowest BCUT2D eigenvalue weighted by molar-refractivity contribution is -0.384. The maximum Gasteiger partial charge on any atom is 0.501 e. The van der Waals surface area contributed by atoms with Crippen LogP contribution in [0.1, 0.15) is 18.5 Å². The first-order valence-electron chi connectivity index (χ1n) is 8.00. The Morgan fingerprint density at radius 3 is 2.28 bits per heavy atom. The minimum absolute atomic E-state index is 0.159. The van der Waals surface area contributed by atoms with Crippen LogP contribution in [0.3, 0.4) is 0 Å². The molecule has 2 aromatic rings. The summed E-state index contributed by atoms with van der Waals surface area (Å²) in [6.45, 7) is 1.64. The smallest absolute Gasteiger partial charge is 0.497 e. The predicted molar refractivity (Wildman–Crippen MR) is 97.9 cm³/mol. The van der Waals surface area contributed by atoms with Crippen LogP contribution < -0.4 is 14.8 Å². The third-order valence-corrected chi connectivity index (χ3v) is 5.54. The normalized spacial score (nSPS) is 12.9. The summed E-state index contributed by atoms with van der Waals surface area (Å²) in [7, 11) is -2.84. The molecule has 1 N–H and O–H groups in total. The zero-order valence-electron chi connectivity index (χ0n) is 15.5. The summed E-state index contributed by atoms with van der Waals surface area (Å²) in [5.41, 5.74) is -5.98. The number of ether oxygens (including phenoxy) is 2. The highest BCUT2D eigenvalue weighted by Gasteiger charge is 2.47. The number of sulfone groups is 1. The first-order valence-corrected chi connectivity index (χ1v) is 9.49. The number of alkyl halides is 3. The molecule has 0 radical (unpaired) electrons. The van der Waals surface area contributed by atoms with E-state index in [1.54, 1.807) is 25.1 Å². The van der Waals surface area contributed by atoms with Gasteiger partial charge < -0.3 is 14.8 Å².